The molecule has 92 valence electrons. The minimum Gasteiger partial charge on any atom is -0.508 e. The van der Waals surface area contributed by atoms with Crippen molar-refractivity contribution in [2.75, 3.05) is 0 Å². The third-order valence-corrected chi connectivity index (χ3v) is 2.05. The molecule has 1 heterocycles. The van der Waals surface area contributed by atoms with Gasteiger partial charge in [-0.2, -0.15) is 10.2 Å². The normalized spacial score (nSPS) is 10.7. The van der Waals surface area contributed by atoms with E-state index in [1.165, 1.54) is 29.6 Å². The monoisotopic (exact) mass is 245 g/mol. The Kier molecular flexibility index (Phi) is 3.65. The van der Waals surface area contributed by atoms with E-state index in [0.29, 0.717) is 5.56 Å². The third-order valence-electron chi connectivity index (χ3n) is 2.05. The largest absolute Gasteiger partial charge is 0.508 e. The van der Waals surface area contributed by atoms with Crippen molar-refractivity contribution in [2.24, 2.45) is 5.10 Å². The number of carbonyl (C=O) groups is 1. The van der Waals surface area contributed by atoms with Gasteiger partial charge in [-0.15, -0.1) is 0 Å². The van der Waals surface area contributed by atoms with Gasteiger partial charge in [-0.05, 0) is 17.7 Å². The smallest absolute Gasteiger partial charge is 0.261 e. The van der Waals surface area contributed by atoms with Crippen molar-refractivity contribution in [3.05, 3.63) is 42.5 Å². The molecule has 0 saturated heterocycles. The van der Waals surface area contributed by atoms with Crippen molar-refractivity contribution in [2.45, 2.75) is 6.54 Å². The van der Waals surface area contributed by atoms with Gasteiger partial charge in [-0.1, -0.05) is 12.1 Å². The topological polar surface area (TPSA) is 92.4 Å². The van der Waals surface area contributed by atoms with E-state index in [1.54, 1.807) is 18.2 Å². The van der Waals surface area contributed by atoms with Gasteiger partial charge >= 0.3 is 0 Å². The lowest BCUT2D eigenvalue weighted by Crippen LogP contribution is -2.23. The van der Waals surface area contributed by atoms with E-state index in [0.717, 1.165) is 0 Å². The predicted octanol–water partition coefficient (Wildman–Crippen LogP) is 0.134. The number of carbonyl (C=O) groups excluding carboxylic acids is 1. The number of phenols is 1. The lowest BCUT2D eigenvalue weighted by atomic mass is 10.2. The molecule has 0 saturated carbocycles. The van der Waals surface area contributed by atoms with E-state index in [2.05, 4.69) is 20.6 Å². The first-order valence-electron chi connectivity index (χ1n) is 5.17. The highest BCUT2D eigenvalue weighted by molar-refractivity contribution is 5.82. The number of aromatic hydroxyl groups is 1. The number of nitrogens with one attached hydrogen (secondary N) is 1. The summed E-state index contributed by atoms with van der Waals surface area (Å²) < 4.78 is 1.39. The Bertz CT molecular complexity index is 550. The van der Waals surface area contributed by atoms with E-state index >= 15 is 0 Å². The minimum absolute atomic E-state index is 0.0530. The SMILES string of the molecule is O=C(Cn1cncn1)NN=Cc1cccc(O)c1. The van der Waals surface area contributed by atoms with E-state index < -0.39 is 0 Å². The maximum atomic E-state index is 11.4. The fourth-order valence-corrected chi connectivity index (χ4v) is 1.28. The Labute approximate surface area is 103 Å². The van der Waals surface area contributed by atoms with Gasteiger partial charge in [-0.3, -0.25) is 4.79 Å². The van der Waals surface area contributed by atoms with Crippen molar-refractivity contribution in [1.82, 2.24) is 20.2 Å². The van der Waals surface area contributed by atoms with Crippen LogP contribution in [0.1, 0.15) is 5.56 Å². The fourth-order valence-electron chi connectivity index (χ4n) is 1.28. The van der Waals surface area contributed by atoms with Crippen LogP contribution >= 0.6 is 0 Å². The second-order valence-electron chi connectivity index (χ2n) is 3.48. The lowest BCUT2D eigenvalue weighted by Gasteiger charge is -1.99. The molecule has 2 aromatic rings. The van der Waals surface area contributed by atoms with Gasteiger partial charge in [0.25, 0.3) is 5.91 Å². The molecular formula is C11H11N5O2. The predicted molar refractivity (Wildman–Crippen MR) is 63.9 cm³/mol. The van der Waals surface area contributed by atoms with Crippen LogP contribution in [-0.4, -0.2) is 32.0 Å². The molecule has 0 spiro atoms. The Hall–Kier alpha value is -2.70. The summed E-state index contributed by atoms with van der Waals surface area (Å²) in [4.78, 5) is 15.1. The van der Waals surface area contributed by atoms with Crippen LogP contribution in [0.5, 0.6) is 5.75 Å². The lowest BCUT2D eigenvalue weighted by molar-refractivity contribution is -0.121. The number of hydrogen-bond acceptors (Lipinski definition) is 5. The van der Waals surface area contributed by atoms with Gasteiger partial charge in [0.05, 0.1) is 6.21 Å². The number of benzene rings is 1. The fraction of sp³-hybridized carbons (Fsp3) is 0.0909. The quantitative estimate of drug-likeness (QED) is 0.591. The summed E-state index contributed by atoms with van der Waals surface area (Å²) in [5.41, 5.74) is 3.04. The summed E-state index contributed by atoms with van der Waals surface area (Å²) >= 11 is 0. The van der Waals surface area contributed by atoms with Crippen molar-refractivity contribution in [1.29, 1.82) is 0 Å². The number of phenolic OH excluding ortho intramolecular Hbond substituents is 1. The first kappa shape index (κ1) is 11.8. The molecule has 2 N–H and O–H groups in total. The molecular weight excluding hydrogens is 234 g/mol. The zero-order chi connectivity index (χ0) is 12.8. The van der Waals surface area contributed by atoms with Crippen LogP contribution in [0, 0.1) is 0 Å². The molecule has 0 aliphatic heterocycles. The molecule has 0 bridgehead atoms. The first-order valence-corrected chi connectivity index (χ1v) is 5.17. The van der Waals surface area contributed by atoms with Gasteiger partial charge in [0.1, 0.15) is 24.9 Å². The van der Waals surface area contributed by atoms with E-state index in [4.69, 9.17) is 0 Å². The zero-order valence-corrected chi connectivity index (χ0v) is 9.39. The summed E-state index contributed by atoms with van der Waals surface area (Å²) in [5, 5.41) is 16.8. The van der Waals surface area contributed by atoms with Crippen LogP contribution < -0.4 is 5.43 Å². The van der Waals surface area contributed by atoms with Crippen LogP contribution in [0.2, 0.25) is 0 Å². The second-order valence-corrected chi connectivity index (χ2v) is 3.48. The number of aromatic nitrogens is 3. The highest BCUT2D eigenvalue weighted by Gasteiger charge is 2.00. The second kappa shape index (κ2) is 5.58. The Morgan fingerprint density at radius 1 is 1.56 bits per heavy atom. The number of hydrogen-bond donors (Lipinski definition) is 2. The molecule has 0 aliphatic rings. The van der Waals surface area contributed by atoms with Gasteiger partial charge in [0, 0.05) is 0 Å². The summed E-state index contributed by atoms with van der Waals surface area (Å²) in [5.74, 6) is -0.162. The highest BCUT2D eigenvalue weighted by atomic mass is 16.3. The van der Waals surface area contributed by atoms with E-state index in [1.807, 2.05) is 0 Å². The van der Waals surface area contributed by atoms with Crippen LogP contribution in [0.4, 0.5) is 0 Å². The molecule has 0 atom stereocenters. The molecule has 2 rings (SSSR count). The molecule has 1 aromatic carbocycles. The van der Waals surface area contributed by atoms with E-state index in [-0.39, 0.29) is 18.2 Å². The number of nitrogens with zero attached hydrogens (tertiary/aromatic N) is 4. The molecule has 7 heteroatoms. The summed E-state index contributed by atoms with van der Waals surface area (Å²) in [6, 6.07) is 6.54. The van der Waals surface area contributed by atoms with Gasteiger partial charge in [-0.25, -0.2) is 15.1 Å². The average Bonchev–Trinajstić information content (AvgIpc) is 2.82. The maximum absolute atomic E-state index is 11.4. The van der Waals surface area contributed by atoms with Gasteiger partial charge in [0.15, 0.2) is 0 Å². The Morgan fingerprint density at radius 2 is 2.44 bits per heavy atom. The van der Waals surface area contributed by atoms with Crippen LogP contribution in [0.25, 0.3) is 0 Å². The average molecular weight is 245 g/mol. The van der Waals surface area contributed by atoms with Crippen molar-refractivity contribution in [3.63, 3.8) is 0 Å². The molecule has 0 aliphatic carbocycles. The molecule has 0 fully saturated rings. The van der Waals surface area contributed by atoms with Crippen LogP contribution in [-0.2, 0) is 11.3 Å². The zero-order valence-electron chi connectivity index (χ0n) is 9.39. The Balaban J connectivity index is 1.86. The van der Waals surface area contributed by atoms with Crippen molar-refractivity contribution >= 4 is 12.1 Å². The summed E-state index contributed by atoms with van der Waals surface area (Å²) in [6.45, 7) is 0.0530. The standard InChI is InChI=1S/C11H11N5O2/c17-10-3-1-2-9(4-10)5-13-15-11(18)6-16-8-12-7-14-16/h1-5,7-8,17H,6H2,(H,15,18). The molecule has 1 aromatic heterocycles. The number of rotatable bonds is 4. The van der Waals surface area contributed by atoms with Gasteiger partial charge in [0.2, 0.25) is 0 Å². The highest BCUT2D eigenvalue weighted by Crippen LogP contribution is 2.08. The summed E-state index contributed by atoms with van der Waals surface area (Å²) in [6.07, 6.45) is 4.24. The van der Waals surface area contributed by atoms with E-state index in [9.17, 15) is 9.90 Å². The third kappa shape index (κ3) is 3.41. The number of amides is 1. The molecule has 0 unspecified atom stereocenters. The van der Waals surface area contributed by atoms with Crippen LogP contribution in [0.3, 0.4) is 0 Å². The maximum Gasteiger partial charge on any atom is 0.261 e. The van der Waals surface area contributed by atoms with Crippen molar-refractivity contribution in [3.8, 4) is 5.75 Å². The van der Waals surface area contributed by atoms with Crippen molar-refractivity contribution < 1.29 is 9.90 Å². The molecule has 1 amide bonds. The number of hydrazone groups is 1. The summed E-state index contributed by atoms with van der Waals surface area (Å²) in [7, 11) is 0. The molecule has 0 radical (unpaired) electrons. The molecule has 18 heavy (non-hydrogen) atoms. The first-order chi connectivity index (χ1) is 8.74. The van der Waals surface area contributed by atoms with Crippen LogP contribution in [0.15, 0.2) is 42.0 Å². The Morgan fingerprint density at radius 3 is 3.17 bits per heavy atom. The minimum atomic E-state index is -0.308. The molecule has 7 nitrogen and oxygen atoms in total. The van der Waals surface area contributed by atoms with Gasteiger partial charge < -0.3 is 5.11 Å².